The number of methoxy groups -OCH3 is 1. The van der Waals surface area contributed by atoms with E-state index in [1.807, 2.05) is 48.5 Å². The number of benzene rings is 2. The Labute approximate surface area is 189 Å². The predicted octanol–water partition coefficient (Wildman–Crippen LogP) is 1.73. The van der Waals surface area contributed by atoms with E-state index in [2.05, 4.69) is 20.0 Å². The highest BCUT2D eigenvalue weighted by atomic mass is 16.5. The minimum atomic E-state index is -0.271. The van der Waals surface area contributed by atoms with Crippen molar-refractivity contribution in [2.45, 2.75) is 13.1 Å². The summed E-state index contributed by atoms with van der Waals surface area (Å²) >= 11 is 0. The van der Waals surface area contributed by atoms with Gasteiger partial charge in [0.2, 0.25) is 17.6 Å². The van der Waals surface area contributed by atoms with Gasteiger partial charge in [-0.1, -0.05) is 17.3 Å². The molecule has 1 aliphatic rings. The van der Waals surface area contributed by atoms with E-state index in [0.717, 1.165) is 22.3 Å². The molecule has 10 nitrogen and oxygen atoms in total. The molecule has 1 fully saturated rings. The van der Waals surface area contributed by atoms with Crippen LogP contribution in [0.4, 0.5) is 0 Å². The average Bonchev–Trinajstić information content (AvgIpc) is 3.44. The molecule has 0 spiro atoms. The van der Waals surface area contributed by atoms with Crippen molar-refractivity contribution >= 4 is 16.9 Å². The number of hydrogen-bond acceptors (Lipinski definition) is 7. The number of H-pyrrole nitrogens is 1. The lowest BCUT2D eigenvalue weighted by molar-refractivity contribution is -0.133. The van der Waals surface area contributed by atoms with Crippen LogP contribution in [0, 0.1) is 0 Å². The summed E-state index contributed by atoms with van der Waals surface area (Å²) in [6.45, 7) is 3.08. The second kappa shape index (κ2) is 8.91. The number of nitrogens with one attached hydrogen (secondary N) is 1. The number of carbonyl (C=O) groups is 1. The zero-order valence-corrected chi connectivity index (χ0v) is 18.2. The fraction of sp³-hybridized carbons (Fsp3) is 0.304. The van der Waals surface area contributed by atoms with E-state index >= 15 is 0 Å². The van der Waals surface area contributed by atoms with E-state index in [0.29, 0.717) is 44.4 Å². The van der Waals surface area contributed by atoms with Crippen LogP contribution in [0.2, 0.25) is 0 Å². The fourth-order valence-corrected chi connectivity index (χ4v) is 4.02. The van der Waals surface area contributed by atoms with Crippen molar-refractivity contribution in [3.63, 3.8) is 0 Å². The number of amides is 1. The molecule has 1 aliphatic heterocycles. The van der Waals surface area contributed by atoms with Crippen LogP contribution in [0.3, 0.4) is 0 Å². The first-order valence-electron chi connectivity index (χ1n) is 10.8. The molecule has 0 saturated carbocycles. The Hall–Kier alpha value is -3.92. The molecule has 170 valence electrons. The highest BCUT2D eigenvalue weighted by molar-refractivity contribution is 5.80. The topological polar surface area (TPSA) is 109 Å². The highest BCUT2D eigenvalue weighted by Gasteiger charge is 2.23. The number of para-hydroxylation sites is 2. The summed E-state index contributed by atoms with van der Waals surface area (Å²) in [5, 5.41) is 4.07. The van der Waals surface area contributed by atoms with E-state index in [1.165, 1.54) is 4.57 Å². The molecule has 1 amide bonds. The molecule has 0 atom stereocenters. The predicted molar refractivity (Wildman–Crippen MR) is 121 cm³/mol. The van der Waals surface area contributed by atoms with E-state index < -0.39 is 0 Å². The molecule has 0 radical (unpaired) electrons. The third-order valence-electron chi connectivity index (χ3n) is 5.88. The summed E-state index contributed by atoms with van der Waals surface area (Å²) in [5.74, 6) is 1.77. The van der Waals surface area contributed by atoms with Crippen LogP contribution in [0.25, 0.3) is 22.4 Å². The molecule has 0 aliphatic carbocycles. The van der Waals surface area contributed by atoms with Crippen molar-refractivity contribution < 1.29 is 14.1 Å². The zero-order valence-electron chi connectivity index (χ0n) is 18.2. The minimum Gasteiger partial charge on any atom is -0.497 e. The van der Waals surface area contributed by atoms with Crippen LogP contribution in [-0.4, -0.2) is 68.7 Å². The lowest BCUT2D eigenvalue weighted by Crippen LogP contribution is -2.49. The quantitative estimate of drug-likeness (QED) is 0.478. The Balaban J connectivity index is 1.17. The number of nitrogens with zero attached hydrogens (tertiary/aromatic N) is 5. The van der Waals surface area contributed by atoms with Crippen molar-refractivity contribution in [3.8, 4) is 17.1 Å². The van der Waals surface area contributed by atoms with Gasteiger partial charge in [0.05, 0.1) is 24.7 Å². The first-order valence-corrected chi connectivity index (χ1v) is 10.8. The number of piperazine rings is 1. The number of carbonyl (C=O) groups excluding carboxylic acids is 1. The van der Waals surface area contributed by atoms with E-state index in [-0.39, 0.29) is 18.1 Å². The summed E-state index contributed by atoms with van der Waals surface area (Å²) in [4.78, 5) is 36.3. The van der Waals surface area contributed by atoms with Crippen molar-refractivity contribution in [1.29, 1.82) is 0 Å². The molecule has 1 saturated heterocycles. The molecule has 2 aromatic heterocycles. The van der Waals surface area contributed by atoms with E-state index in [1.54, 1.807) is 12.0 Å². The molecule has 1 N–H and O–H groups in total. The van der Waals surface area contributed by atoms with Crippen molar-refractivity contribution in [1.82, 2.24) is 29.5 Å². The van der Waals surface area contributed by atoms with Gasteiger partial charge in [-0.3, -0.25) is 14.3 Å². The standard InChI is InChI=1S/C23H24N6O4/c1-32-17-8-6-16(7-9-17)22-25-20(33-26-22)14-27-10-12-28(13-11-27)21(30)15-29-19-5-3-2-4-18(19)24-23(29)31/h2-9H,10-15H2,1H3,(H,24,31). The second-order valence-electron chi connectivity index (χ2n) is 7.93. The number of aromatic amines is 1. The van der Waals surface area contributed by atoms with E-state index in [9.17, 15) is 9.59 Å². The lowest BCUT2D eigenvalue weighted by Gasteiger charge is -2.34. The Kier molecular flexibility index (Phi) is 5.66. The van der Waals surface area contributed by atoms with Gasteiger partial charge in [0.1, 0.15) is 12.3 Å². The van der Waals surface area contributed by atoms with Crippen molar-refractivity contribution in [3.05, 3.63) is 64.9 Å². The monoisotopic (exact) mass is 448 g/mol. The van der Waals surface area contributed by atoms with Gasteiger partial charge < -0.3 is 19.1 Å². The van der Waals surface area contributed by atoms with Crippen LogP contribution < -0.4 is 10.4 Å². The molecule has 5 rings (SSSR count). The first-order chi connectivity index (χ1) is 16.1. The second-order valence-corrected chi connectivity index (χ2v) is 7.93. The number of fused-ring (bicyclic) bond motifs is 1. The van der Waals surface area contributed by atoms with E-state index in [4.69, 9.17) is 9.26 Å². The molecular formula is C23H24N6O4. The number of hydrogen-bond donors (Lipinski definition) is 1. The number of aromatic nitrogens is 4. The van der Waals surface area contributed by atoms with Gasteiger partial charge in [-0.05, 0) is 36.4 Å². The smallest absolute Gasteiger partial charge is 0.326 e. The van der Waals surface area contributed by atoms with Crippen molar-refractivity contribution in [2.75, 3.05) is 33.3 Å². The van der Waals surface area contributed by atoms with Crippen LogP contribution in [0.15, 0.2) is 57.8 Å². The van der Waals surface area contributed by atoms with Gasteiger partial charge in [-0.2, -0.15) is 4.98 Å². The van der Waals surface area contributed by atoms with Gasteiger partial charge in [0.15, 0.2) is 0 Å². The number of rotatable bonds is 6. The molecule has 0 unspecified atom stereocenters. The molecule has 10 heteroatoms. The third kappa shape index (κ3) is 4.37. The van der Waals surface area contributed by atoms with Gasteiger partial charge in [-0.25, -0.2) is 4.79 Å². The average molecular weight is 448 g/mol. The fourth-order valence-electron chi connectivity index (χ4n) is 4.02. The summed E-state index contributed by atoms with van der Waals surface area (Å²) in [6, 6.07) is 14.8. The number of imidazole rings is 1. The van der Waals surface area contributed by atoms with Gasteiger partial charge in [0.25, 0.3) is 0 Å². The maximum absolute atomic E-state index is 12.8. The Bertz CT molecular complexity index is 1310. The molecule has 4 aromatic rings. The van der Waals surface area contributed by atoms with Crippen LogP contribution in [-0.2, 0) is 17.9 Å². The van der Waals surface area contributed by atoms with Crippen LogP contribution >= 0.6 is 0 Å². The van der Waals surface area contributed by atoms with Crippen LogP contribution in [0.5, 0.6) is 5.75 Å². The molecule has 3 heterocycles. The van der Waals surface area contributed by atoms with Gasteiger partial charge in [0, 0.05) is 31.7 Å². The number of ether oxygens (including phenoxy) is 1. The normalized spacial score (nSPS) is 14.6. The van der Waals surface area contributed by atoms with Crippen LogP contribution in [0.1, 0.15) is 5.89 Å². The highest BCUT2D eigenvalue weighted by Crippen LogP contribution is 2.20. The Morgan fingerprint density at radius 2 is 1.85 bits per heavy atom. The van der Waals surface area contributed by atoms with Gasteiger partial charge >= 0.3 is 5.69 Å². The minimum absolute atomic E-state index is 0.0255. The molecular weight excluding hydrogens is 424 g/mol. The summed E-state index contributed by atoms with van der Waals surface area (Å²) in [7, 11) is 1.62. The SMILES string of the molecule is COc1ccc(-c2noc(CN3CCN(C(=O)Cn4c(=O)[nH]c5ccccc54)CC3)n2)cc1. The maximum Gasteiger partial charge on any atom is 0.326 e. The molecule has 33 heavy (non-hydrogen) atoms. The molecule has 2 aromatic carbocycles. The summed E-state index contributed by atoms with van der Waals surface area (Å²) in [5.41, 5.74) is 2.05. The maximum atomic E-state index is 12.8. The van der Waals surface area contributed by atoms with Gasteiger partial charge in [-0.15, -0.1) is 0 Å². The Morgan fingerprint density at radius 3 is 2.61 bits per heavy atom. The lowest BCUT2D eigenvalue weighted by atomic mass is 10.2. The third-order valence-corrected chi connectivity index (χ3v) is 5.88. The summed E-state index contributed by atoms with van der Waals surface area (Å²) in [6.07, 6.45) is 0. The largest absolute Gasteiger partial charge is 0.497 e. The Morgan fingerprint density at radius 1 is 1.09 bits per heavy atom. The van der Waals surface area contributed by atoms with Crippen molar-refractivity contribution in [2.24, 2.45) is 0 Å². The molecule has 0 bridgehead atoms. The first kappa shape index (κ1) is 21.0. The zero-order chi connectivity index (χ0) is 22.8. The summed E-state index contributed by atoms with van der Waals surface area (Å²) < 4.78 is 12.1.